The van der Waals surface area contributed by atoms with Gasteiger partial charge in [0.25, 0.3) is 0 Å². The number of amides is 1. The van der Waals surface area contributed by atoms with Crippen molar-refractivity contribution in [2.24, 2.45) is 0 Å². The van der Waals surface area contributed by atoms with Crippen LogP contribution in [0.1, 0.15) is 12.5 Å². The van der Waals surface area contributed by atoms with Crippen LogP contribution in [0.3, 0.4) is 0 Å². The van der Waals surface area contributed by atoms with Gasteiger partial charge in [-0.1, -0.05) is 12.1 Å². The minimum absolute atomic E-state index is 0.290. The van der Waals surface area contributed by atoms with E-state index in [1.165, 1.54) is 29.5 Å². The largest absolute Gasteiger partial charge is 0.494 e. The third-order valence-electron chi connectivity index (χ3n) is 3.49. The molecule has 26 heavy (non-hydrogen) atoms. The van der Waals surface area contributed by atoms with Crippen molar-refractivity contribution in [1.82, 2.24) is 4.98 Å². The van der Waals surface area contributed by atoms with Crippen LogP contribution >= 0.6 is 11.3 Å². The van der Waals surface area contributed by atoms with Crippen molar-refractivity contribution in [1.29, 1.82) is 0 Å². The second-order valence-electron chi connectivity index (χ2n) is 5.37. The topological polar surface area (TPSA) is 51.2 Å². The third-order valence-corrected chi connectivity index (χ3v) is 4.25. The lowest BCUT2D eigenvalue weighted by Crippen LogP contribution is -2.07. The van der Waals surface area contributed by atoms with Crippen LogP contribution in [0.4, 0.5) is 9.52 Å². The number of benzene rings is 2. The molecule has 0 aliphatic rings. The predicted molar refractivity (Wildman–Crippen MR) is 103 cm³/mol. The zero-order chi connectivity index (χ0) is 18.4. The number of nitrogens with one attached hydrogen (secondary N) is 1. The van der Waals surface area contributed by atoms with E-state index < -0.39 is 0 Å². The van der Waals surface area contributed by atoms with Gasteiger partial charge in [-0.3, -0.25) is 10.1 Å². The van der Waals surface area contributed by atoms with Gasteiger partial charge < -0.3 is 4.74 Å². The van der Waals surface area contributed by atoms with Crippen LogP contribution in [0.15, 0.2) is 60.0 Å². The standard InChI is InChI=1S/C20H17FN2O2S/c1-2-25-17-10-6-15(7-11-17)18-13-26-20(22-18)23-19(24)12-5-14-3-8-16(21)9-4-14/h3-13H,2H2,1H3,(H,22,23,24)/b12-5+. The fourth-order valence-electron chi connectivity index (χ4n) is 2.25. The molecule has 1 aromatic heterocycles. The summed E-state index contributed by atoms with van der Waals surface area (Å²) in [6, 6.07) is 13.5. The number of hydrogen-bond acceptors (Lipinski definition) is 4. The minimum atomic E-state index is -0.309. The zero-order valence-electron chi connectivity index (χ0n) is 14.1. The molecule has 1 heterocycles. The number of aromatic nitrogens is 1. The van der Waals surface area contributed by atoms with Gasteiger partial charge in [0, 0.05) is 17.0 Å². The Morgan fingerprint density at radius 2 is 1.92 bits per heavy atom. The van der Waals surface area contributed by atoms with Crippen LogP contribution < -0.4 is 10.1 Å². The lowest BCUT2D eigenvalue weighted by atomic mass is 10.2. The van der Waals surface area contributed by atoms with Crippen LogP contribution in [0.2, 0.25) is 0 Å². The van der Waals surface area contributed by atoms with E-state index in [-0.39, 0.29) is 11.7 Å². The van der Waals surface area contributed by atoms with Gasteiger partial charge in [0.1, 0.15) is 11.6 Å². The van der Waals surface area contributed by atoms with Crippen molar-refractivity contribution in [3.63, 3.8) is 0 Å². The summed E-state index contributed by atoms with van der Waals surface area (Å²) in [6.45, 7) is 2.56. The highest BCUT2D eigenvalue weighted by Gasteiger charge is 2.07. The zero-order valence-corrected chi connectivity index (χ0v) is 14.9. The number of thiazole rings is 1. The number of ether oxygens (including phenoxy) is 1. The molecule has 0 bridgehead atoms. The van der Waals surface area contributed by atoms with Crippen LogP contribution in [0.25, 0.3) is 17.3 Å². The van der Waals surface area contributed by atoms with E-state index in [4.69, 9.17) is 4.74 Å². The molecule has 2 aromatic carbocycles. The molecule has 132 valence electrons. The number of carbonyl (C=O) groups is 1. The van der Waals surface area contributed by atoms with Gasteiger partial charge in [-0.15, -0.1) is 11.3 Å². The lowest BCUT2D eigenvalue weighted by molar-refractivity contribution is -0.111. The molecule has 3 aromatic rings. The summed E-state index contributed by atoms with van der Waals surface area (Å²) in [5.41, 5.74) is 2.48. The summed E-state index contributed by atoms with van der Waals surface area (Å²) in [5.74, 6) is 0.212. The van der Waals surface area contributed by atoms with Crippen LogP contribution in [0.5, 0.6) is 5.75 Å². The molecule has 0 aliphatic carbocycles. The van der Waals surface area contributed by atoms with Gasteiger partial charge in [-0.05, 0) is 55.0 Å². The molecule has 3 rings (SSSR count). The second kappa shape index (κ2) is 8.40. The van der Waals surface area contributed by atoms with Gasteiger partial charge >= 0.3 is 0 Å². The molecule has 0 saturated carbocycles. The SMILES string of the molecule is CCOc1ccc(-c2csc(NC(=O)/C=C/c3ccc(F)cc3)n2)cc1. The highest BCUT2D eigenvalue weighted by Crippen LogP contribution is 2.26. The number of nitrogens with zero attached hydrogens (tertiary/aromatic N) is 1. The average Bonchev–Trinajstić information content (AvgIpc) is 3.10. The van der Waals surface area contributed by atoms with E-state index in [2.05, 4.69) is 10.3 Å². The van der Waals surface area contributed by atoms with E-state index in [0.717, 1.165) is 22.6 Å². The molecule has 4 nitrogen and oxygen atoms in total. The third kappa shape index (κ3) is 4.77. The van der Waals surface area contributed by atoms with Gasteiger partial charge in [0.05, 0.1) is 12.3 Å². The number of hydrogen-bond donors (Lipinski definition) is 1. The average molecular weight is 368 g/mol. The van der Waals surface area contributed by atoms with Crippen molar-refractivity contribution in [3.8, 4) is 17.0 Å². The molecular formula is C20H17FN2O2S. The maximum atomic E-state index is 12.9. The summed E-state index contributed by atoms with van der Waals surface area (Å²) in [5, 5.41) is 5.13. The Kier molecular flexibility index (Phi) is 5.76. The van der Waals surface area contributed by atoms with Crippen LogP contribution in [-0.4, -0.2) is 17.5 Å². The molecule has 0 unspecified atom stereocenters. The normalized spacial score (nSPS) is 10.8. The molecule has 0 saturated heterocycles. The molecule has 0 radical (unpaired) electrons. The molecule has 1 amide bonds. The molecule has 6 heteroatoms. The van der Waals surface area contributed by atoms with Crippen LogP contribution in [-0.2, 0) is 4.79 Å². The van der Waals surface area contributed by atoms with Gasteiger partial charge in [-0.25, -0.2) is 9.37 Å². The second-order valence-corrected chi connectivity index (χ2v) is 6.23. The fourth-order valence-corrected chi connectivity index (χ4v) is 2.97. The van der Waals surface area contributed by atoms with E-state index in [9.17, 15) is 9.18 Å². The van der Waals surface area contributed by atoms with Gasteiger partial charge in [-0.2, -0.15) is 0 Å². The van der Waals surface area contributed by atoms with Crippen molar-refractivity contribution in [3.05, 3.63) is 71.4 Å². The number of anilines is 1. The maximum absolute atomic E-state index is 12.9. The predicted octanol–water partition coefficient (Wildman–Crippen LogP) is 5.00. The quantitative estimate of drug-likeness (QED) is 0.623. The summed E-state index contributed by atoms with van der Waals surface area (Å²) >= 11 is 1.35. The van der Waals surface area contributed by atoms with Crippen LogP contribution in [0, 0.1) is 5.82 Å². The van der Waals surface area contributed by atoms with E-state index in [0.29, 0.717) is 11.7 Å². The smallest absolute Gasteiger partial charge is 0.250 e. The maximum Gasteiger partial charge on any atom is 0.250 e. The summed E-state index contributed by atoms with van der Waals surface area (Å²) in [4.78, 5) is 16.4. The number of carbonyl (C=O) groups excluding carboxylic acids is 1. The summed E-state index contributed by atoms with van der Waals surface area (Å²) in [7, 11) is 0. The van der Waals surface area contributed by atoms with Crippen molar-refractivity contribution in [2.75, 3.05) is 11.9 Å². The molecule has 0 spiro atoms. The molecule has 0 aliphatic heterocycles. The van der Waals surface area contributed by atoms with E-state index >= 15 is 0 Å². The Balaban J connectivity index is 1.62. The molecule has 1 N–H and O–H groups in total. The number of rotatable bonds is 6. The first-order chi connectivity index (χ1) is 12.6. The molecule has 0 atom stereocenters. The minimum Gasteiger partial charge on any atom is -0.494 e. The Morgan fingerprint density at radius 3 is 2.62 bits per heavy atom. The fraction of sp³-hybridized carbons (Fsp3) is 0.100. The summed E-state index contributed by atoms with van der Waals surface area (Å²) in [6.07, 6.45) is 3.01. The van der Waals surface area contributed by atoms with Gasteiger partial charge in [0.2, 0.25) is 5.91 Å². The first kappa shape index (κ1) is 17.8. The first-order valence-corrected chi connectivity index (χ1v) is 8.95. The molecular weight excluding hydrogens is 351 g/mol. The highest BCUT2D eigenvalue weighted by molar-refractivity contribution is 7.14. The van der Waals surface area contributed by atoms with E-state index in [1.807, 2.05) is 36.6 Å². The van der Waals surface area contributed by atoms with Crippen molar-refractivity contribution < 1.29 is 13.9 Å². The Hall–Kier alpha value is -2.99. The van der Waals surface area contributed by atoms with Crippen molar-refractivity contribution in [2.45, 2.75) is 6.92 Å². The Morgan fingerprint density at radius 1 is 1.19 bits per heavy atom. The Bertz CT molecular complexity index is 902. The molecule has 0 fully saturated rings. The van der Waals surface area contributed by atoms with Crippen molar-refractivity contribution >= 4 is 28.5 Å². The first-order valence-electron chi connectivity index (χ1n) is 8.07. The van der Waals surface area contributed by atoms with E-state index in [1.54, 1.807) is 18.2 Å². The van der Waals surface area contributed by atoms with Gasteiger partial charge in [0.15, 0.2) is 5.13 Å². The lowest BCUT2D eigenvalue weighted by Gasteiger charge is -2.03. The monoisotopic (exact) mass is 368 g/mol. The summed E-state index contributed by atoms with van der Waals surface area (Å²) < 4.78 is 18.3. The Labute approximate surface area is 155 Å². The number of halogens is 1. The highest BCUT2D eigenvalue weighted by atomic mass is 32.1.